The Hall–Kier alpha value is -2.68. The average molecular weight is 409 g/mol. The lowest BCUT2D eigenvalue weighted by Crippen LogP contribution is -2.36. The molecule has 2 heterocycles. The van der Waals surface area contributed by atoms with Crippen LogP contribution < -0.4 is 10.1 Å². The van der Waals surface area contributed by atoms with E-state index in [1.54, 1.807) is 12.1 Å². The Balaban J connectivity index is 1.53. The zero-order valence-corrected chi connectivity index (χ0v) is 15.3. The summed E-state index contributed by atoms with van der Waals surface area (Å²) < 4.78 is 58.0. The maximum atomic E-state index is 13.6. The van der Waals surface area contributed by atoms with Gasteiger partial charge in [-0.05, 0) is 54.6 Å². The summed E-state index contributed by atoms with van der Waals surface area (Å²) in [7, 11) is 0. The number of carbonyl (C=O) groups excluding carboxylic acids is 1. The molecule has 2 fully saturated rings. The monoisotopic (exact) mass is 409 g/mol. The van der Waals surface area contributed by atoms with Crippen LogP contribution in [0, 0.1) is 23.6 Å². The van der Waals surface area contributed by atoms with E-state index in [4.69, 9.17) is 4.74 Å². The molecule has 4 rings (SSSR count). The van der Waals surface area contributed by atoms with Crippen molar-refractivity contribution in [2.75, 3.05) is 19.6 Å². The fourth-order valence-electron chi connectivity index (χ4n) is 3.95. The van der Waals surface area contributed by atoms with Crippen LogP contribution in [0.4, 0.5) is 22.4 Å². The number of benzene rings is 1. The van der Waals surface area contributed by atoms with Gasteiger partial charge in [0.1, 0.15) is 5.82 Å². The number of nitrogens with zero attached hydrogens (tertiary/aromatic N) is 2. The van der Waals surface area contributed by atoms with Gasteiger partial charge >= 0.3 is 12.3 Å². The van der Waals surface area contributed by atoms with E-state index in [9.17, 15) is 22.4 Å². The van der Waals surface area contributed by atoms with Crippen LogP contribution in [0.2, 0.25) is 0 Å². The van der Waals surface area contributed by atoms with Crippen molar-refractivity contribution in [2.24, 2.45) is 17.8 Å². The zero-order chi connectivity index (χ0) is 20.6. The van der Waals surface area contributed by atoms with Gasteiger partial charge in [0.05, 0.1) is 5.56 Å². The van der Waals surface area contributed by atoms with Gasteiger partial charge in [0.15, 0.2) is 0 Å². The van der Waals surface area contributed by atoms with Crippen LogP contribution in [0.3, 0.4) is 0 Å². The lowest BCUT2D eigenvalue weighted by atomic mass is 10.1. The van der Waals surface area contributed by atoms with Gasteiger partial charge in [0.2, 0.25) is 5.88 Å². The van der Waals surface area contributed by atoms with Crippen LogP contribution >= 0.6 is 0 Å². The summed E-state index contributed by atoms with van der Waals surface area (Å²) in [5.74, 6) is -0.0461. The Kier molecular flexibility index (Phi) is 5.16. The van der Waals surface area contributed by atoms with Crippen molar-refractivity contribution in [3.05, 3.63) is 59.5 Å². The summed E-state index contributed by atoms with van der Waals surface area (Å²) >= 11 is 0. The van der Waals surface area contributed by atoms with E-state index in [-0.39, 0.29) is 23.9 Å². The van der Waals surface area contributed by atoms with Gasteiger partial charge in [-0.3, -0.25) is 0 Å². The molecule has 1 amide bonds. The molecule has 0 radical (unpaired) electrons. The smallest absolute Gasteiger partial charge is 0.391 e. The second kappa shape index (κ2) is 7.62. The molecule has 0 bridgehead atoms. The maximum absolute atomic E-state index is 13.6. The van der Waals surface area contributed by atoms with E-state index in [1.165, 1.54) is 23.2 Å². The van der Waals surface area contributed by atoms with Gasteiger partial charge in [-0.1, -0.05) is 12.1 Å². The summed E-state index contributed by atoms with van der Waals surface area (Å²) in [4.78, 5) is 18.0. The minimum Gasteiger partial charge on any atom is -0.391 e. The van der Waals surface area contributed by atoms with Crippen molar-refractivity contribution >= 4 is 6.09 Å². The first-order valence-electron chi connectivity index (χ1n) is 9.27. The van der Waals surface area contributed by atoms with Crippen molar-refractivity contribution < 1.29 is 27.1 Å². The molecule has 2 unspecified atom stereocenters. The Labute approximate surface area is 164 Å². The third-order valence-electron chi connectivity index (χ3n) is 5.50. The predicted octanol–water partition coefficient (Wildman–Crippen LogP) is 3.71. The first-order valence-corrected chi connectivity index (χ1v) is 9.27. The Bertz CT molecular complexity index is 881. The topological polar surface area (TPSA) is 54.5 Å². The summed E-state index contributed by atoms with van der Waals surface area (Å²) in [5, 5.41) is 3.26. The Morgan fingerprint density at radius 2 is 1.97 bits per heavy atom. The zero-order valence-electron chi connectivity index (χ0n) is 15.3. The highest BCUT2D eigenvalue weighted by Gasteiger charge is 2.53. The second-order valence-corrected chi connectivity index (χ2v) is 7.38. The SMILES string of the molecule is O=C(Oc1ccccn1)N(Cc1ccc(F)c(C(F)(F)F)c1)CC1C2CNCC21. The van der Waals surface area contributed by atoms with Crippen LogP contribution in [0.15, 0.2) is 42.6 Å². The van der Waals surface area contributed by atoms with Crippen molar-refractivity contribution in [3.8, 4) is 5.88 Å². The van der Waals surface area contributed by atoms with E-state index < -0.39 is 23.7 Å². The normalized spacial score (nSPS) is 22.8. The number of halogens is 4. The molecular formula is C20H19F4N3O2. The Morgan fingerprint density at radius 1 is 1.21 bits per heavy atom. The van der Waals surface area contributed by atoms with Crippen LogP contribution in [0.5, 0.6) is 5.88 Å². The number of aromatic nitrogens is 1. The lowest BCUT2D eigenvalue weighted by Gasteiger charge is -2.23. The molecule has 1 saturated heterocycles. The highest BCUT2D eigenvalue weighted by molar-refractivity contribution is 5.70. The quantitative estimate of drug-likeness (QED) is 0.766. The van der Waals surface area contributed by atoms with Crippen LogP contribution in [-0.2, 0) is 12.7 Å². The van der Waals surface area contributed by atoms with E-state index in [0.717, 1.165) is 25.2 Å². The third kappa shape index (κ3) is 4.34. The fourth-order valence-corrected chi connectivity index (χ4v) is 3.95. The largest absolute Gasteiger partial charge is 0.419 e. The van der Waals surface area contributed by atoms with Gasteiger partial charge < -0.3 is 15.0 Å². The predicted molar refractivity (Wildman–Crippen MR) is 95.4 cm³/mol. The molecule has 1 aromatic heterocycles. The van der Waals surface area contributed by atoms with Crippen molar-refractivity contribution in [2.45, 2.75) is 12.7 Å². The number of alkyl halides is 3. The van der Waals surface area contributed by atoms with Crippen LogP contribution in [0.1, 0.15) is 11.1 Å². The molecule has 0 spiro atoms. The number of piperidine rings is 1. The highest BCUT2D eigenvalue weighted by Crippen LogP contribution is 2.49. The van der Waals surface area contributed by atoms with E-state index in [2.05, 4.69) is 10.3 Å². The van der Waals surface area contributed by atoms with Gasteiger partial charge in [0.25, 0.3) is 0 Å². The molecule has 154 valence electrons. The molecule has 1 saturated carbocycles. The molecule has 29 heavy (non-hydrogen) atoms. The molecule has 2 atom stereocenters. The average Bonchev–Trinajstić information content (AvgIpc) is 3.09. The summed E-state index contributed by atoms with van der Waals surface area (Å²) in [5.41, 5.74) is -1.17. The summed E-state index contributed by atoms with van der Waals surface area (Å²) in [6, 6.07) is 7.62. The van der Waals surface area contributed by atoms with Gasteiger partial charge in [-0.25, -0.2) is 14.2 Å². The number of nitrogens with one attached hydrogen (secondary N) is 1. The molecule has 1 aliphatic heterocycles. The molecule has 2 aliphatic rings. The van der Waals surface area contributed by atoms with Crippen molar-refractivity contribution in [1.29, 1.82) is 0 Å². The molecule has 9 heteroatoms. The number of fused-ring (bicyclic) bond motifs is 1. The van der Waals surface area contributed by atoms with Gasteiger partial charge in [0, 0.05) is 25.4 Å². The molecule has 1 aromatic carbocycles. The fraction of sp³-hybridized carbons (Fsp3) is 0.400. The maximum Gasteiger partial charge on any atom is 0.419 e. The first kappa shape index (κ1) is 19.6. The number of hydrogen-bond acceptors (Lipinski definition) is 4. The number of amides is 1. The van der Waals surface area contributed by atoms with Crippen LogP contribution in [0.25, 0.3) is 0 Å². The summed E-state index contributed by atoms with van der Waals surface area (Å²) in [6.07, 6.45) is -4.03. The Morgan fingerprint density at radius 3 is 2.62 bits per heavy atom. The number of carbonyl (C=O) groups is 1. The number of ether oxygens (including phenoxy) is 1. The first-order chi connectivity index (χ1) is 13.8. The molecule has 1 aliphatic carbocycles. The second-order valence-electron chi connectivity index (χ2n) is 7.38. The van der Waals surface area contributed by atoms with Crippen molar-refractivity contribution in [1.82, 2.24) is 15.2 Å². The molecular weight excluding hydrogens is 390 g/mol. The van der Waals surface area contributed by atoms with Crippen LogP contribution in [-0.4, -0.2) is 35.6 Å². The standard InChI is InChI=1S/C20H19F4N3O2/c21-17-5-4-12(7-16(17)20(22,23)24)10-27(11-15-13-8-25-9-14(13)15)19(28)29-18-3-1-2-6-26-18/h1-7,13-15,25H,8-11H2. The van der Waals surface area contributed by atoms with E-state index in [0.29, 0.717) is 18.4 Å². The molecule has 1 N–H and O–H groups in total. The number of hydrogen-bond donors (Lipinski definition) is 1. The highest BCUT2D eigenvalue weighted by atomic mass is 19.4. The van der Waals surface area contributed by atoms with Gasteiger partial charge in [-0.15, -0.1) is 0 Å². The lowest BCUT2D eigenvalue weighted by molar-refractivity contribution is -0.140. The minimum absolute atomic E-state index is 0.107. The van der Waals surface area contributed by atoms with Gasteiger partial charge in [-0.2, -0.15) is 13.2 Å². The number of rotatable bonds is 5. The third-order valence-corrected chi connectivity index (χ3v) is 5.50. The van der Waals surface area contributed by atoms with E-state index in [1.807, 2.05) is 0 Å². The van der Waals surface area contributed by atoms with Crippen molar-refractivity contribution in [3.63, 3.8) is 0 Å². The summed E-state index contributed by atoms with van der Waals surface area (Å²) in [6.45, 7) is 1.99. The molecule has 2 aromatic rings. The number of pyridine rings is 1. The minimum atomic E-state index is -4.81. The molecule has 5 nitrogen and oxygen atoms in total. The van der Waals surface area contributed by atoms with E-state index >= 15 is 0 Å².